The topological polar surface area (TPSA) is 40.6 Å². The molecular formula is C20H21FN2O2. The van der Waals surface area contributed by atoms with E-state index < -0.39 is 0 Å². The molecule has 0 bridgehead atoms. The van der Waals surface area contributed by atoms with Gasteiger partial charge in [-0.05, 0) is 36.2 Å². The third-order valence-corrected chi connectivity index (χ3v) is 4.61. The van der Waals surface area contributed by atoms with E-state index in [1.165, 1.54) is 19.1 Å². The zero-order chi connectivity index (χ0) is 18.0. The van der Waals surface area contributed by atoms with Crippen LogP contribution in [0.5, 0.6) is 0 Å². The maximum Gasteiger partial charge on any atom is 0.232 e. The molecule has 1 atom stereocenters. The largest absolute Gasteiger partial charge is 0.310 e. The summed E-state index contributed by atoms with van der Waals surface area (Å²) in [6, 6.07) is 13.6. The van der Waals surface area contributed by atoms with Crippen LogP contribution >= 0.6 is 0 Å². The van der Waals surface area contributed by atoms with Crippen LogP contribution < -0.4 is 9.80 Å². The summed E-state index contributed by atoms with van der Waals surface area (Å²) in [5, 5.41) is 0. The average molecular weight is 340 g/mol. The summed E-state index contributed by atoms with van der Waals surface area (Å²) >= 11 is 0. The van der Waals surface area contributed by atoms with Crippen LogP contribution in [0.4, 0.5) is 15.8 Å². The molecule has 1 heterocycles. The zero-order valence-electron chi connectivity index (χ0n) is 14.4. The third kappa shape index (κ3) is 3.40. The third-order valence-electron chi connectivity index (χ3n) is 4.61. The van der Waals surface area contributed by atoms with E-state index in [-0.39, 0.29) is 23.5 Å². The number of carbonyl (C=O) groups is 2. The maximum atomic E-state index is 13.2. The van der Waals surface area contributed by atoms with Crippen LogP contribution in [0.1, 0.15) is 25.8 Å². The van der Waals surface area contributed by atoms with Gasteiger partial charge in [-0.1, -0.05) is 31.2 Å². The van der Waals surface area contributed by atoms with Crippen molar-refractivity contribution in [1.82, 2.24) is 0 Å². The van der Waals surface area contributed by atoms with E-state index >= 15 is 0 Å². The highest BCUT2D eigenvalue weighted by Gasteiger charge is 2.33. The molecule has 1 aliphatic heterocycles. The van der Waals surface area contributed by atoms with Crippen molar-refractivity contribution in [3.05, 3.63) is 59.9 Å². The second-order valence-corrected chi connectivity index (χ2v) is 6.27. The molecule has 5 heteroatoms. The lowest BCUT2D eigenvalue weighted by Crippen LogP contribution is -2.38. The molecule has 0 unspecified atom stereocenters. The van der Waals surface area contributed by atoms with Gasteiger partial charge in [-0.2, -0.15) is 0 Å². The molecule has 0 aromatic heterocycles. The van der Waals surface area contributed by atoms with Gasteiger partial charge in [0, 0.05) is 13.5 Å². The van der Waals surface area contributed by atoms with Gasteiger partial charge in [0.2, 0.25) is 11.8 Å². The number of benzene rings is 2. The summed E-state index contributed by atoms with van der Waals surface area (Å²) in [6.07, 6.45) is 0.649. The van der Waals surface area contributed by atoms with Crippen LogP contribution in [0.15, 0.2) is 48.5 Å². The predicted molar refractivity (Wildman–Crippen MR) is 95.8 cm³/mol. The summed E-state index contributed by atoms with van der Waals surface area (Å²) in [4.78, 5) is 28.6. The van der Waals surface area contributed by atoms with Crippen LogP contribution in [0.2, 0.25) is 0 Å². The Bertz CT molecular complexity index is 789. The van der Waals surface area contributed by atoms with E-state index in [4.69, 9.17) is 0 Å². The van der Waals surface area contributed by atoms with Crippen molar-refractivity contribution in [2.24, 2.45) is 5.92 Å². The molecular weight excluding hydrogens is 319 g/mol. The first kappa shape index (κ1) is 17.1. The summed E-state index contributed by atoms with van der Waals surface area (Å²) in [5.41, 5.74) is 2.29. The Kier molecular flexibility index (Phi) is 4.83. The SMILES string of the molecule is CC[C@H]1CN(C(C)=O)c2ccccc2N(Cc2ccc(F)cc2)C1=O. The highest BCUT2D eigenvalue weighted by atomic mass is 19.1. The van der Waals surface area contributed by atoms with Gasteiger partial charge in [0.15, 0.2) is 0 Å². The van der Waals surface area contributed by atoms with Crippen LogP contribution in [-0.2, 0) is 16.1 Å². The molecule has 2 amide bonds. The van der Waals surface area contributed by atoms with E-state index in [0.29, 0.717) is 25.2 Å². The average Bonchev–Trinajstić information content (AvgIpc) is 2.72. The molecule has 0 saturated heterocycles. The second kappa shape index (κ2) is 7.05. The molecule has 2 aromatic rings. The molecule has 2 aromatic carbocycles. The number of rotatable bonds is 3. The summed E-state index contributed by atoms with van der Waals surface area (Å²) < 4.78 is 13.2. The van der Waals surface area contributed by atoms with Gasteiger partial charge in [0.25, 0.3) is 0 Å². The highest BCUT2D eigenvalue weighted by molar-refractivity contribution is 6.05. The summed E-state index contributed by atoms with van der Waals surface area (Å²) in [6.45, 7) is 4.19. The van der Waals surface area contributed by atoms with Crippen molar-refractivity contribution < 1.29 is 14.0 Å². The number of nitrogens with zero attached hydrogens (tertiary/aromatic N) is 2. The lowest BCUT2D eigenvalue weighted by atomic mass is 10.0. The van der Waals surface area contributed by atoms with Gasteiger partial charge in [0.1, 0.15) is 5.82 Å². The first-order valence-electron chi connectivity index (χ1n) is 8.44. The van der Waals surface area contributed by atoms with Crippen molar-refractivity contribution in [3.8, 4) is 0 Å². The summed E-state index contributed by atoms with van der Waals surface area (Å²) in [7, 11) is 0. The van der Waals surface area contributed by atoms with Crippen LogP contribution in [0, 0.1) is 11.7 Å². The molecule has 0 spiro atoms. The first-order valence-corrected chi connectivity index (χ1v) is 8.44. The lowest BCUT2D eigenvalue weighted by Gasteiger charge is -2.25. The Morgan fingerprint density at radius 1 is 1.12 bits per heavy atom. The van der Waals surface area contributed by atoms with Crippen molar-refractivity contribution in [2.75, 3.05) is 16.3 Å². The maximum absolute atomic E-state index is 13.2. The second-order valence-electron chi connectivity index (χ2n) is 6.27. The molecule has 25 heavy (non-hydrogen) atoms. The number of anilines is 2. The normalized spacial score (nSPS) is 17.2. The minimum atomic E-state index is -0.305. The van der Waals surface area contributed by atoms with Gasteiger partial charge in [-0.15, -0.1) is 0 Å². The lowest BCUT2D eigenvalue weighted by molar-refractivity contribution is -0.122. The van der Waals surface area contributed by atoms with E-state index in [1.54, 1.807) is 21.9 Å². The molecule has 130 valence electrons. The fourth-order valence-corrected chi connectivity index (χ4v) is 3.19. The van der Waals surface area contributed by atoms with Gasteiger partial charge in [-0.25, -0.2) is 4.39 Å². The molecule has 3 rings (SSSR count). The van der Waals surface area contributed by atoms with E-state index in [2.05, 4.69) is 0 Å². The molecule has 4 nitrogen and oxygen atoms in total. The van der Waals surface area contributed by atoms with Crippen LogP contribution in [-0.4, -0.2) is 18.4 Å². The Morgan fingerprint density at radius 2 is 1.76 bits per heavy atom. The molecule has 0 aliphatic carbocycles. The number of carbonyl (C=O) groups excluding carboxylic acids is 2. The number of para-hydroxylation sites is 2. The number of fused-ring (bicyclic) bond motifs is 1. The van der Waals surface area contributed by atoms with Gasteiger partial charge < -0.3 is 9.80 Å². The molecule has 0 radical (unpaired) electrons. The van der Waals surface area contributed by atoms with E-state index in [0.717, 1.165) is 11.3 Å². The molecule has 0 N–H and O–H groups in total. The van der Waals surface area contributed by atoms with E-state index in [9.17, 15) is 14.0 Å². The standard InChI is InChI=1S/C20H21FN2O2/c1-3-16-13-22(14(2)24)18-6-4-5-7-19(18)23(20(16)25)12-15-8-10-17(21)11-9-15/h4-11,16H,3,12-13H2,1-2H3/t16-/m0/s1. The van der Waals surface area contributed by atoms with Gasteiger partial charge in [0.05, 0.1) is 23.8 Å². The number of amides is 2. The van der Waals surface area contributed by atoms with Crippen LogP contribution in [0.3, 0.4) is 0 Å². The monoisotopic (exact) mass is 340 g/mol. The van der Waals surface area contributed by atoms with Crippen LogP contribution in [0.25, 0.3) is 0 Å². The predicted octanol–water partition coefficient (Wildman–Crippen LogP) is 3.75. The zero-order valence-corrected chi connectivity index (χ0v) is 14.4. The fourth-order valence-electron chi connectivity index (χ4n) is 3.19. The van der Waals surface area contributed by atoms with Crippen molar-refractivity contribution in [3.63, 3.8) is 0 Å². The first-order chi connectivity index (χ1) is 12.0. The summed E-state index contributed by atoms with van der Waals surface area (Å²) in [5.74, 6) is -0.664. The number of halogens is 1. The quantitative estimate of drug-likeness (QED) is 0.854. The molecule has 1 aliphatic rings. The fraction of sp³-hybridized carbons (Fsp3) is 0.300. The Balaban J connectivity index is 2.06. The van der Waals surface area contributed by atoms with Crippen molar-refractivity contribution in [1.29, 1.82) is 0 Å². The minimum Gasteiger partial charge on any atom is -0.310 e. The Labute approximate surface area is 146 Å². The number of hydrogen-bond acceptors (Lipinski definition) is 2. The Hall–Kier alpha value is -2.69. The number of hydrogen-bond donors (Lipinski definition) is 0. The molecule has 0 fully saturated rings. The Morgan fingerprint density at radius 3 is 2.36 bits per heavy atom. The van der Waals surface area contributed by atoms with Gasteiger partial charge >= 0.3 is 0 Å². The van der Waals surface area contributed by atoms with E-state index in [1.807, 2.05) is 31.2 Å². The highest BCUT2D eigenvalue weighted by Crippen LogP contribution is 2.35. The van der Waals surface area contributed by atoms with Gasteiger partial charge in [-0.3, -0.25) is 9.59 Å². The van der Waals surface area contributed by atoms with Crippen molar-refractivity contribution >= 4 is 23.2 Å². The smallest absolute Gasteiger partial charge is 0.232 e. The minimum absolute atomic E-state index is 0.0111. The molecule has 0 saturated carbocycles. The van der Waals surface area contributed by atoms with Crippen molar-refractivity contribution in [2.45, 2.75) is 26.8 Å².